The molecule has 1 saturated heterocycles. The first-order valence-corrected chi connectivity index (χ1v) is 9.53. The Bertz CT molecular complexity index is 920. The first-order chi connectivity index (χ1) is 14.5. The van der Waals surface area contributed by atoms with Crippen molar-refractivity contribution >= 4 is 23.5 Å². The molecule has 30 heavy (non-hydrogen) atoms. The van der Waals surface area contributed by atoms with Crippen LogP contribution in [0.5, 0.6) is 0 Å². The molecule has 8 nitrogen and oxygen atoms in total. The number of carbonyl (C=O) groups is 3. The number of hydrogen-bond donors (Lipinski definition) is 1. The molecule has 0 radical (unpaired) electrons. The van der Waals surface area contributed by atoms with Crippen molar-refractivity contribution in [1.29, 1.82) is 0 Å². The van der Waals surface area contributed by atoms with Crippen LogP contribution in [0.3, 0.4) is 0 Å². The highest BCUT2D eigenvalue weighted by Crippen LogP contribution is 2.21. The molecule has 0 atom stereocenters. The molecule has 0 aromatic heterocycles. The molecule has 1 amide bonds. The molecule has 1 fully saturated rings. The molecule has 8 heteroatoms. The molecule has 158 valence electrons. The molecule has 0 bridgehead atoms. The van der Waals surface area contributed by atoms with Crippen molar-refractivity contribution in [2.24, 2.45) is 0 Å². The van der Waals surface area contributed by atoms with Crippen LogP contribution in [0.15, 0.2) is 42.5 Å². The van der Waals surface area contributed by atoms with E-state index in [1.807, 2.05) is 12.1 Å². The minimum atomic E-state index is -0.623. The Morgan fingerprint density at radius 1 is 0.933 bits per heavy atom. The quantitative estimate of drug-likeness (QED) is 0.728. The minimum absolute atomic E-state index is 0.141. The predicted octanol–water partition coefficient (Wildman–Crippen LogP) is 2.34. The van der Waals surface area contributed by atoms with Gasteiger partial charge in [0.05, 0.1) is 44.2 Å². The van der Waals surface area contributed by atoms with Crippen molar-refractivity contribution < 1.29 is 28.6 Å². The number of nitrogens with zero attached hydrogens (tertiary/aromatic N) is 1. The van der Waals surface area contributed by atoms with E-state index in [2.05, 4.69) is 10.2 Å². The summed E-state index contributed by atoms with van der Waals surface area (Å²) in [7, 11) is 2.50. The van der Waals surface area contributed by atoms with E-state index in [9.17, 15) is 14.4 Å². The molecule has 2 aromatic rings. The molecular formula is C22H24N2O6. The number of methoxy groups -OCH3 is 2. The van der Waals surface area contributed by atoms with Crippen LogP contribution in [0.25, 0.3) is 0 Å². The third kappa shape index (κ3) is 5.22. The van der Waals surface area contributed by atoms with E-state index >= 15 is 0 Å². The SMILES string of the molecule is COC(=O)c1ccc(C(=O)OC)c(NC(=O)c2ccc(CN3CCOCC3)cc2)c1. The van der Waals surface area contributed by atoms with E-state index < -0.39 is 17.8 Å². The maximum Gasteiger partial charge on any atom is 0.339 e. The largest absolute Gasteiger partial charge is 0.465 e. The van der Waals surface area contributed by atoms with E-state index in [1.54, 1.807) is 12.1 Å². The van der Waals surface area contributed by atoms with E-state index in [1.165, 1.54) is 32.4 Å². The first kappa shape index (κ1) is 21.5. The van der Waals surface area contributed by atoms with Crippen LogP contribution in [0.2, 0.25) is 0 Å². The Hall–Kier alpha value is -3.23. The van der Waals surface area contributed by atoms with Crippen LogP contribution in [0.4, 0.5) is 5.69 Å². The van der Waals surface area contributed by atoms with E-state index in [-0.39, 0.29) is 16.8 Å². The lowest BCUT2D eigenvalue weighted by Crippen LogP contribution is -2.35. The van der Waals surface area contributed by atoms with Gasteiger partial charge in [0.1, 0.15) is 0 Å². The van der Waals surface area contributed by atoms with Crippen molar-refractivity contribution in [3.8, 4) is 0 Å². The second kappa shape index (κ2) is 10.00. The lowest BCUT2D eigenvalue weighted by Gasteiger charge is -2.26. The van der Waals surface area contributed by atoms with E-state index in [4.69, 9.17) is 14.2 Å². The van der Waals surface area contributed by atoms with Crippen LogP contribution < -0.4 is 5.32 Å². The van der Waals surface area contributed by atoms with Crippen LogP contribution in [-0.2, 0) is 20.8 Å². The average Bonchev–Trinajstić information content (AvgIpc) is 2.79. The fourth-order valence-electron chi connectivity index (χ4n) is 3.15. The van der Waals surface area contributed by atoms with Gasteiger partial charge in [-0.3, -0.25) is 9.69 Å². The Kier molecular flexibility index (Phi) is 7.16. The predicted molar refractivity (Wildman–Crippen MR) is 110 cm³/mol. The number of rotatable bonds is 6. The van der Waals surface area contributed by atoms with Crippen LogP contribution in [0, 0.1) is 0 Å². The molecule has 3 rings (SSSR count). The summed E-state index contributed by atoms with van der Waals surface area (Å²) in [4.78, 5) is 38.9. The summed E-state index contributed by atoms with van der Waals surface area (Å²) in [6.07, 6.45) is 0. The number of hydrogen-bond acceptors (Lipinski definition) is 7. The molecule has 0 unspecified atom stereocenters. The Labute approximate surface area is 174 Å². The molecular weight excluding hydrogens is 388 g/mol. The number of benzene rings is 2. The molecule has 1 N–H and O–H groups in total. The van der Waals surface area contributed by atoms with Gasteiger partial charge < -0.3 is 19.5 Å². The van der Waals surface area contributed by atoms with E-state index in [0.29, 0.717) is 5.56 Å². The van der Waals surface area contributed by atoms with Gasteiger partial charge in [0, 0.05) is 25.2 Å². The number of nitrogens with one attached hydrogen (secondary N) is 1. The van der Waals surface area contributed by atoms with Gasteiger partial charge in [-0.15, -0.1) is 0 Å². The van der Waals surface area contributed by atoms with Crippen molar-refractivity contribution in [3.63, 3.8) is 0 Å². The van der Waals surface area contributed by atoms with Crippen molar-refractivity contribution in [2.75, 3.05) is 45.8 Å². The zero-order valence-electron chi connectivity index (χ0n) is 17.0. The molecule has 2 aromatic carbocycles. The number of carbonyl (C=O) groups excluding carboxylic acids is 3. The zero-order valence-corrected chi connectivity index (χ0v) is 17.0. The van der Waals surface area contributed by atoms with Crippen LogP contribution in [-0.4, -0.2) is 63.3 Å². The van der Waals surface area contributed by atoms with Gasteiger partial charge in [0.25, 0.3) is 5.91 Å². The highest BCUT2D eigenvalue weighted by Gasteiger charge is 2.18. The van der Waals surface area contributed by atoms with Gasteiger partial charge in [-0.1, -0.05) is 12.1 Å². The zero-order chi connectivity index (χ0) is 21.5. The third-order valence-corrected chi connectivity index (χ3v) is 4.82. The maximum atomic E-state index is 12.7. The Morgan fingerprint density at radius 2 is 1.57 bits per heavy atom. The minimum Gasteiger partial charge on any atom is -0.465 e. The van der Waals surface area contributed by atoms with Crippen molar-refractivity contribution in [2.45, 2.75) is 6.54 Å². The highest BCUT2D eigenvalue weighted by molar-refractivity contribution is 6.09. The van der Waals surface area contributed by atoms with Crippen LogP contribution in [0.1, 0.15) is 36.6 Å². The fourth-order valence-corrected chi connectivity index (χ4v) is 3.15. The monoisotopic (exact) mass is 412 g/mol. The lowest BCUT2D eigenvalue weighted by atomic mass is 10.1. The number of esters is 2. The summed E-state index contributed by atoms with van der Waals surface area (Å²) >= 11 is 0. The van der Waals surface area contributed by atoms with Gasteiger partial charge in [-0.2, -0.15) is 0 Å². The van der Waals surface area contributed by atoms with Gasteiger partial charge in [-0.05, 0) is 35.9 Å². The lowest BCUT2D eigenvalue weighted by molar-refractivity contribution is 0.0342. The summed E-state index contributed by atoms with van der Waals surface area (Å²) in [5.41, 5.74) is 2.05. The summed E-state index contributed by atoms with van der Waals surface area (Å²) in [5, 5.41) is 2.69. The van der Waals surface area contributed by atoms with Gasteiger partial charge in [0.2, 0.25) is 0 Å². The van der Waals surface area contributed by atoms with Gasteiger partial charge in [0.15, 0.2) is 0 Å². The summed E-state index contributed by atoms with van der Waals surface area (Å²) < 4.78 is 14.8. The molecule has 0 saturated carbocycles. The molecule has 1 aliphatic rings. The first-order valence-electron chi connectivity index (χ1n) is 9.53. The molecule has 1 heterocycles. The fraction of sp³-hybridized carbons (Fsp3) is 0.318. The smallest absolute Gasteiger partial charge is 0.339 e. The number of amides is 1. The van der Waals surface area contributed by atoms with Gasteiger partial charge in [-0.25, -0.2) is 9.59 Å². The van der Waals surface area contributed by atoms with Crippen LogP contribution >= 0.6 is 0 Å². The third-order valence-electron chi connectivity index (χ3n) is 4.82. The topological polar surface area (TPSA) is 94.2 Å². The van der Waals surface area contributed by atoms with E-state index in [0.717, 1.165) is 38.4 Å². The number of ether oxygens (including phenoxy) is 3. The summed E-state index contributed by atoms with van der Waals surface area (Å²) in [6.45, 7) is 4.02. The van der Waals surface area contributed by atoms with Crippen molar-refractivity contribution in [1.82, 2.24) is 4.90 Å². The van der Waals surface area contributed by atoms with Crippen molar-refractivity contribution in [3.05, 3.63) is 64.7 Å². The number of morpholine rings is 1. The number of anilines is 1. The second-order valence-electron chi connectivity index (χ2n) is 6.78. The maximum absolute atomic E-state index is 12.7. The Balaban J connectivity index is 1.75. The second-order valence-corrected chi connectivity index (χ2v) is 6.78. The average molecular weight is 412 g/mol. The standard InChI is InChI=1S/C22H24N2O6/c1-28-21(26)17-7-8-18(22(27)29-2)19(13-17)23-20(25)16-5-3-15(4-6-16)14-24-9-11-30-12-10-24/h3-8,13H,9-12,14H2,1-2H3,(H,23,25). The summed E-state index contributed by atoms with van der Waals surface area (Å²) in [5.74, 6) is -1.60. The molecule has 0 spiro atoms. The Morgan fingerprint density at radius 3 is 2.20 bits per heavy atom. The summed E-state index contributed by atoms with van der Waals surface area (Å²) in [6, 6.07) is 11.5. The normalized spacial score (nSPS) is 14.1. The van der Waals surface area contributed by atoms with Gasteiger partial charge >= 0.3 is 11.9 Å². The highest BCUT2D eigenvalue weighted by atomic mass is 16.5. The molecule has 0 aliphatic carbocycles. The molecule has 1 aliphatic heterocycles.